The van der Waals surface area contributed by atoms with Gasteiger partial charge in [0.2, 0.25) is 0 Å². The summed E-state index contributed by atoms with van der Waals surface area (Å²) < 4.78 is 0. The van der Waals surface area contributed by atoms with Crippen LogP contribution in [0, 0.1) is 0 Å². The molecule has 1 aliphatic heterocycles. The van der Waals surface area contributed by atoms with E-state index in [1.807, 2.05) is 0 Å². The highest BCUT2D eigenvalue weighted by Gasteiger charge is 2.27. The number of piperidine rings is 1. The first-order chi connectivity index (χ1) is 4.13. The maximum Gasteiger partial charge on any atom is 0.133 e. The summed E-state index contributed by atoms with van der Waals surface area (Å²) in [6.07, 6.45) is 2.98. The molecule has 0 aliphatic carbocycles. The zero-order valence-corrected chi connectivity index (χ0v) is 5.51. The Morgan fingerprint density at radius 1 is 1.22 bits per heavy atom. The van der Waals surface area contributed by atoms with Crippen molar-refractivity contribution in [2.45, 2.75) is 25.0 Å². The van der Waals surface area contributed by atoms with Gasteiger partial charge in [-0.05, 0) is 19.3 Å². The summed E-state index contributed by atoms with van der Waals surface area (Å²) in [5, 5.41) is 1.51. The zero-order chi connectivity index (χ0) is 6.91. The Morgan fingerprint density at radius 3 is 2.22 bits per heavy atom. The van der Waals surface area contributed by atoms with Gasteiger partial charge >= 0.3 is 0 Å². The fraction of sp³-hybridized carbons (Fsp3) is 1.00. The lowest BCUT2D eigenvalue weighted by Crippen LogP contribution is -2.67. The number of nitrogens with zero attached hydrogens (tertiary/aromatic N) is 1. The van der Waals surface area contributed by atoms with E-state index in [9.17, 15) is 0 Å². The Hall–Kier alpha value is -0.160. The highest BCUT2D eigenvalue weighted by Crippen LogP contribution is 2.14. The van der Waals surface area contributed by atoms with E-state index in [-0.39, 0.29) is 0 Å². The Balaban J connectivity index is 2.49. The molecule has 0 unspecified atom stereocenters. The van der Waals surface area contributed by atoms with Crippen LogP contribution in [0.3, 0.4) is 0 Å². The lowest BCUT2D eigenvalue weighted by Gasteiger charge is -2.37. The molecule has 0 radical (unpaired) electrons. The first kappa shape index (κ1) is 6.95. The Morgan fingerprint density at radius 2 is 1.89 bits per heavy atom. The Bertz CT molecular complexity index is 101. The highest BCUT2D eigenvalue weighted by atomic mass is 15.5. The van der Waals surface area contributed by atoms with E-state index in [0.717, 1.165) is 25.8 Å². The molecule has 0 atom stereocenters. The molecule has 4 heteroatoms. The number of hydrogen-bond acceptors (Lipinski definition) is 4. The summed E-state index contributed by atoms with van der Waals surface area (Å²) >= 11 is 0. The molecule has 1 aliphatic rings. The van der Waals surface area contributed by atoms with E-state index in [1.165, 1.54) is 5.01 Å². The van der Waals surface area contributed by atoms with Crippen LogP contribution in [0.15, 0.2) is 0 Å². The molecular weight excluding hydrogens is 116 g/mol. The number of nitrogens with two attached hydrogens (primary N) is 3. The second-order valence-corrected chi connectivity index (χ2v) is 2.64. The first-order valence-corrected chi connectivity index (χ1v) is 3.23. The van der Waals surface area contributed by atoms with Crippen LogP contribution in [-0.4, -0.2) is 17.3 Å². The van der Waals surface area contributed by atoms with Gasteiger partial charge in [0.05, 0.1) is 0 Å². The van der Waals surface area contributed by atoms with E-state index >= 15 is 0 Å². The molecule has 0 bridgehead atoms. The summed E-state index contributed by atoms with van der Waals surface area (Å²) in [7, 11) is 0. The molecule has 0 aromatic heterocycles. The maximum atomic E-state index is 5.60. The molecule has 1 rings (SSSR count). The smallest absolute Gasteiger partial charge is 0.133 e. The van der Waals surface area contributed by atoms with Crippen LogP contribution in [0.5, 0.6) is 0 Å². The molecule has 9 heavy (non-hydrogen) atoms. The summed E-state index contributed by atoms with van der Waals surface area (Å²) in [4.78, 5) is 0. The number of hydrogen-bond donors (Lipinski definition) is 3. The third-order valence-electron chi connectivity index (χ3n) is 1.76. The average molecular weight is 130 g/mol. The standard InChI is InChI=1S/C5H14N4/c6-5(7)3-1-2-4-9(5)8/h1-4,6-8H2. The molecule has 0 aromatic rings. The van der Waals surface area contributed by atoms with Crippen LogP contribution in [-0.2, 0) is 0 Å². The van der Waals surface area contributed by atoms with Crippen LogP contribution < -0.4 is 17.3 Å². The molecule has 0 aromatic carbocycles. The molecule has 0 spiro atoms. The molecule has 1 fully saturated rings. The normalized spacial score (nSPS) is 28.3. The third-order valence-corrected chi connectivity index (χ3v) is 1.76. The minimum Gasteiger partial charge on any atom is -0.300 e. The Kier molecular flexibility index (Phi) is 1.72. The second-order valence-electron chi connectivity index (χ2n) is 2.64. The van der Waals surface area contributed by atoms with E-state index in [4.69, 9.17) is 17.3 Å². The van der Waals surface area contributed by atoms with E-state index in [2.05, 4.69) is 0 Å². The van der Waals surface area contributed by atoms with Gasteiger partial charge in [-0.2, -0.15) is 0 Å². The van der Waals surface area contributed by atoms with Gasteiger partial charge in [0.25, 0.3) is 0 Å². The second kappa shape index (κ2) is 2.22. The summed E-state index contributed by atoms with van der Waals surface area (Å²) in [5.74, 6) is 4.74. The fourth-order valence-electron chi connectivity index (χ4n) is 1.04. The molecular formula is C5H14N4. The van der Waals surface area contributed by atoms with Crippen molar-refractivity contribution in [3.63, 3.8) is 0 Å². The highest BCUT2D eigenvalue weighted by molar-refractivity contribution is 4.78. The largest absolute Gasteiger partial charge is 0.300 e. The lowest BCUT2D eigenvalue weighted by molar-refractivity contribution is 0.0563. The first-order valence-electron chi connectivity index (χ1n) is 3.23. The lowest BCUT2D eigenvalue weighted by atomic mass is 10.1. The van der Waals surface area contributed by atoms with Crippen LogP contribution in [0.2, 0.25) is 0 Å². The van der Waals surface area contributed by atoms with E-state index in [1.54, 1.807) is 0 Å². The van der Waals surface area contributed by atoms with Crippen molar-refractivity contribution in [3.05, 3.63) is 0 Å². The van der Waals surface area contributed by atoms with Gasteiger partial charge in [-0.3, -0.25) is 17.3 Å². The molecule has 1 saturated heterocycles. The molecule has 6 N–H and O–H groups in total. The zero-order valence-electron chi connectivity index (χ0n) is 5.51. The molecule has 0 saturated carbocycles. The molecule has 54 valence electrons. The quantitative estimate of drug-likeness (QED) is 0.288. The minimum atomic E-state index is -0.752. The van der Waals surface area contributed by atoms with Gasteiger partial charge < -0.3 is 0 Å². The van der Waals surface area contributed by atoms with Gasteiger partial charge in [0, 0.05) is 6.54 Å². The van der Waals surface area contributed by atoms with Gasteiger partial charge in [0.15, 0.2) is 0 Å². The van der Waals surface area contributed by atoms with E-state index < -0.39 is 5.79 Å². The number of hydrazine groups is 1. The summed E-state index contributed by atoms with van der Waals surface area (Å²) in [6.45, 7) is 0.812. The van der Waals surface area contributed by atoms with Crippen LogP contribution in [0.25, 0.3) is 0 Å². The number of rotatable bonds is 0. The molecule has 1 heterocycles. The van der Waals surface area contributed by atoms with Crippen molar-refractivity contribution >= 4 is 0 Å². The molecule has 4 nitrogen and oxygen atoms in total. The van der Waals surface area contributed by atoms with Crippen LogP contribution >= 0.6 is 0 Å². The van der Waals surface area contributed by atoms with Gasteiger partial charge in [-0.1, -0.05) is 0 Å². The Labute approximate surface area is 54.9 Å². The molecule has 0 amide bonds. The van der Waals surface area contributed by atoms with Crippen molar-refractivity contribution in [2.75, 3.05) is 6.54 Å². The monoisotopic (exact) mass is 130 g/mol. The minimum absolute atomic E-state index is 0.752. The predicted molar refractivity (Wildman–Crippen MR) is 35.9 cm³/mol. The van der Waals surface area contributed by atoms with Crippen molar-refractivity contribution in [3.8, 4) is 0 Å². The van der Waals surface area contributed by atoms with Crippen molar-refractivity contribution in [2.24, 2.45) is 17.3 Å². The van der Waals surface area contributed by atoms with Crippen molar-refractivity contribution < 1.29 is 0 Å². The third kappa shape index (κ3) is 1.40. The average Bonchev–Trinajstić information content (AvgIpc) is 1.77. The fourth-order valence-corrected chi connectivity index (χ4v) is 1.04. The van der Waals surface area contributed by atoms with Crippen LogP contribution in [0.1, 0.15) is 19.3 Å². The predicted octanol–water partition coefficient (Wildman–Crippen LogP) is -1.08. The van der Waals surface area contributed by atoms with E-state index in [0.29, 0.717) is 0 Å². The van der Waals surface area contributed by atoms with Gasteiger partial charge in [0.1, 0.15) is 5.79 Å². The summed E-state index contributed by atoms with van der Waals surface area (Å²) in [5.41, 5.74) is 11.2. The summed E-state index contributed by atoms with van der Waals surface area (Å²) in [6, 6.07) is 0. The topological polar surface area (TPSA) is 81.3 Å². The van der Waals surface area contributed by atoms with Gasteiger partial charge in [-0.15, -0.1) is 0 Å². The van der Waals surface area contributed by atoms with Crippen molar-refractivity contribution in [1.82, 2.24) is 5.01 Å². The SMILES string of the molecule is NN1CCCCC1(N)N. The van der Waals surface area contributed by atoms with Crippen LogP contribution in [0.4, 0.5) is 0 Å². The maximum absolute atomic E-state index is 5.60. The van der Waals surface area contributed by atoms with Gasteiger partial charge in [-0.25, -0.2) is 5.01 Å². The van der Waals surface area contributed by atoms with Crippen molar-refractivity contribution in [1.29, 1.82) is 0 Å².